The van der Waals surface area contributed by atoms with Gasteiger partial charge in [0, 0.05) is 0 Å². The molecule has 0 aliphatic heterocycles. The largest absolute Gasteiger partial charge is 0.394 e. The van der Waals surface area contributed by atoms with Crippen LogP contribution in [0.1, 0.15) is 0 Å². The average Bonchev–Trinajstić information content (AvgIpc) is 2.12. The first-order chi connectivity index (χ1) is 5.65. The molecule has 3 N–H and O–H groups in total. The summed E-state index contributed by atoms with van der Waals surface area (Å²) in [5.41, 5.74) is 0. The molecular formula is C6H10O6. The Morgan fingerprint density at radius 3 is 2.17 bits per heavy atom. The number of rotatable bonds is 6. The summed E-state index contributed by atoms with van der Waals surface area (Å²) in [5, 5.41) is 25.9. The predicted octanol–water partition coefficient (Wildman–Crippen LogP) is -2.56. The van der Waals surface area contributed by atoms with Crippen LogP contribution >= 0.6 is 0 Å². The second kappa shape index (κ2) is 5.78. The lowest BCUT2D eigenvalue weighted by atomic mass is 10.2. The summed E-state index contributed by atoms with van der Waals surface area (Å²) in [5.74, 6) is 0. The monoisotopic (exact) mass is 178 g/mol. The summed E-state index contributed by atoms with van der Waals surface area (Å²) in [4.78, 5) is 19.8. The highest BCUT2D eigenvalue weighted by atomic mass is 16.6. The topological polar surface area (TPSA) is 104 Å². The zero-order chi connectivity index (χ0) is 9.56. The fraction of sp³-hybridized carbons (Fsp3) is 0.667. The predicted molar refractivity (Wildman–Crippen MR) is 36.1 cm³/mol. The Bertz CT molecular complexity index is 147. The number of carbonyl (C=O) groups excluding carboxylic acids is 2. The van der Waals surface area contributed by atoms with E-state index in [9.17, 15) is 9.59 Å². The molecule has 3 unspecified atom stereocenters. The van der Waals surface area contributed by atoms with E-state index in [-0.39, 0.29) is 12.6 Å². The van der Waals surface area contributed by atoms with Gasteiger partial charge in [0.05, 0.1) is 6.61 Å². The fourth-order valence-electron chi connectivity index (χ4n) is 0.530. The molecule has 70 valence electrons. The van der Waals surface area contributed by atoms with E-state index in [1.807, 2.05) is 0 Å². The number of carbonyl (C=O) groups is 2. The summed E-state index contributed by atoms with van der Waals surface area (Å²) >= 11 is 0. The Morgan fingerprint density at radius 2 is 1.83 bits per heavy atom. The maximum atomic E-state index is 9.96. The third-order valence-corrected chi connectivity index (χ3v) is 1.13. The molecule has 0 fully saturated rings. The van der Waals surface area contributed by atoms with Crippen LogP contribution in [-0.2, 0) is 14.3 Å². The van der Waals surface area contributed by atoms with Crippen molar-refractivity contribution in [2.75, 3.05) is 6.61 Å². The molecule has 0 aliphatic rings. The number of aliphatic hydroxyl groups excluding tert-OH is 3. The summed E-state index contributed by atoms with van der Waals surface area (Å²) in [6.45, 7) is -0.662. The van der Waals surface area contributed by atoms with Crippen molar-refractivity contribution in [1.82, 2.24) is 0 Å². The van der Waals surface area contributed by atoms with Crippen LogP contribution < -0.4 is 0 Å². The molecule has 0 saturated carbocycles. The number of ether oxygens (including phenoxy) is 1. The molecule has 6 heteroatoms. The zero-order valence-electron chi connectivity index (χ0n) is 6.16. The van der Waals surface area contributed by atoms with Crippen molar-refractivity contribution < 1.29 is 29.6 Å². The first-order valence-corrected chi connectivity index (χ1v) is 3.18. The molecule has 12 heavy (non-hydrogen) atoms. The Hall–Kier alpha value is -0.820. The molecule has 0 saturated heterocycles. The molecule has 0 bridgehead atoms. The first kappa shape index (κ1) is 11.2. The van der Waals surface area contributed by atoms with E-state index in [2.05, 4.69) is 4.74 Å². The van der Waals surface area contributed by atoms with Gasteiger partial charge in [-0.25, -0.2) is 0 Å². The quantitative estimate of drug-likeness (QED) is 0.305. The molecule has 0 radical (unpaired) electrons. The summed E-state index contributed by atoms with van der Waals surface area (Å²) in [7, 11) is 0. The van der Waals surface area contributed by atoms with Gasteiger partial charge in [-0.05, 0) is 0 Å². The van der Waals surface area contributed by atoms with Crippen molar-refractivity contribution in [1.29, 1.82) is 0 Å². The van der Waals surface area contributed by atoms with Crippen molar-refractivity contribution in [3.63, 3.8) is 0 Å². The molecule has 0 aromatic rings. The van der Waals surface area contributed by atoms with Crippen LogP contribution in [0.15, 0.2) is 0 Å². The van der Waals surface area contributed by atoms with Gasteiger partial charge in [-0.2, -0.15) is 0 Å². The summed E-state index contributed by atoms with van der Waals surface area (Å²) in [6, 6.07) is 0. The third-order valence-electron chi connectivity index (χ3n) is 1.13. The normalized spacial score (nSPS) is 17.9. The summed E-state index contributed by atoms with van der Waals surface area (Å²) in [6.07, 6.45) is -4.36. The second-order valence-corrected chi connectivity index (χ2v) is 2.01. The smallest absolute Gasteiger partial charge is 0.212 e. The molecule has 3 atom stereocenters. The molecule has 0 heterocycles. The Balaban J connectivity index is 3.97. The molecular weight excluding hydrogens is 168 g/mol. The zero-order valence-corrected chi connectivity index (χ0v) is 6.16. The standard InChI is InChI=1S/C6H10O6/c7-1-4(10)5(2-8)12-6(11)3-9/h1,3-6,8,10-11H,2H2. The van der Waals surface area contributed by atoms with E-state index in [1.165, 1.54) is 0 Å². The number of aldehydes is 2. The minimum Gasteiger partial charge on any atom is -0.394 e. The maximum Gasteiger partial charge on any atom is 0.212 e. The van der Waals surface area contributed by atoms with Crippen LogP contribution in [0, 0.1) is 0 Å². The van der Waals surface area contributed by atoms with Crippen LogP contribution in [0.2, 0.25) is 0 Å². The highest BCUT2D eigenvalue weighted by molar-refractivity contribution is 5.57. The van der Waals surface area contributed by atoms with Crippen LogP contribution in [0.3, 0.4) is 0 Å². The minimum absolute atomic E-state index is 0.0696. The van der Waals surface area contributed by atoms with Gasteiger partial charge in [-0.15, -0.1) is 0 Å². The van der Waals surface area contributed by atoms with E-state index >= 15 is 0 Å². The van der Waals surface area contributed by atoms with Gasteiger partial charge in [0.25, 0.3) is 0 Å². The molecule has 0 amide bonds. The second-order valence-electron chi connectivity index (χ2n) is 2.01. The van der Waals surface area contributed by atoms with Gasteiger partial charge in [0.15, 0.2) is 12.6 Å². The van der Waals surface area contributed by atoms with Crippen molar-refractivity contribution in [2.45, 2.75) is 18.5 Å². The van der Waals surface area contributed by atoms with Gasteiger partial charge in [-0.1, -0.05) is 0 Å². The number of hydrogen-bond donors (Lipinski definition) is 3. The van der Waals surface area contributed by atoms with E-state index in [0.717, 1.165) is 0 Å². The lowest BCUT2D eigenvalue weighted by Gasteiger charge is -2.17. The lowest BCUT2D eigenvalue weighted by Crippen LogP contribution is -2.37. The number of hydrogen-bond acceptors (Lipinski definition) is 6. The minimum atomic E-state index is -1.74. The van der Waals surface area contributed by atoms with Crippen LogP contribution in [-0.4, -0.2) is 53.0 Å². The maximum absolute atomic E-state index is 9.96. The van der Waals surface area contributed by atoms with E-state index in [1.54, 1.807) is 0 Å². The molecule has 6 nitrogen and oxygen atoms in total. The SMILES string of the molecule is O=CC(O)OC(CO)C(O)C=O. The van der Waals surface area contributed by atoms with Crippen molar-refractivity contribution in [3.05, 3.63) is 0 Å². The van der Waals surface area contributed by atoms with Crippen molar-refractivity contribution in [2.24, 2.45) is 0 Å². The van der Waals surface area contributed by atoms with E-state index in [0.29, 0.717) is 0 Å². The van der Waals surface area contributed by atoms with Gasteiger partial charge in [0.1, 0.15) is 12.2 Å². The van der Waals surface area contributed by atoms with Crippen molar-refractivity contribution in [3.8, 4) is 0 Å². The van der Waals surface area contributed by atoms with E-state index in [4.69, 9.17) is 15.3 Å². The van der Waals surface area contributed by atoms with Crippen LogP contribution in [0.25, 0.3) is 0 Å². The molecule has 0 rings (SSSR count). The Morgan fingerprint density at radius 1 is 1.25 bits per heavy atom. The molecule has 0 aliphatic carbocycles. The Kier molecular flexibility index (Phi) is 5.39. The van der Waals surface area contributed by atoms with Crippen LogP contribution in [0.4, 0.5) is 0 Å². The van der Waals surface area contributed by atoms with E-state index < -0.39 is 25.1 Å². The molecule has 0 aromatic carbocycles. The van der Waals surface area contributed by atoms with Crippen molar-refractivity contribution >= 4 is 12.6 Å². The van der Waals surface area contributed by atoms with Gasteiger partial charge >= 0.3 is 0 Å². The first-order valence-electron chi connectivity index (χ1n) is 3.18. The fourth-order valence-corrected chi connectivity index (χ4v) is 0.530. The number of aliphatic hydroxyl groups is 3. The lowest BCUT2D eigenvalue weighted by molar-refractivity contribution is -0.175. The molecule has 0 aromatic heterocycles. The summed E-state index contributed by atoms with van der Waals surface area (Å²) < 4.78 is 4.36. The van der Waals surface area contributed by atoms with Gasteiger partial charge in [0.2, 0.25) is 6.29 Å². The highest BCUT2D eigenvalue weighted by Crippen LogP contribution is 1.98. The van der Waals surface area contributed by atoms with Gasteiger partial charge in [-0.3, -0.25) is 4.79 Å². The molecule has 0 spiro atoms. The van der Waals surface area contributed by atoms with Gasteiger partial charge < -0.3 is 24.9 Å². The Labute approximate surface area is 68.4 Å². The third kappa shape index (κ3) is 3.54. The highest BCUT2D eigenvalue weighted by Gasteiger charge is 2.21. The average molecular weight is 178 g/mol. The van der Waals surface area contributed by atoms with Crippen LogP contribution in [0.5, 0.6) is 0 Å².